The van der Waals surface area contributed by atoms with E-state index in [1.54, 1.807) is 0 Å². The minimum atomic E-state index is -0.0967. The highest BCUT2D eigenvalue weighted by atomic mass is 127. The van der Waals surface area contributed by atoms with Gasteiger partial charge in [0.2, 0.25) is 0 Å². The van der Waals surface area contributed by atoms with Crippen LogP contribution in [0, 0.1) is 0 Å². The van der Waals surface area contributed by atoms with E-state index in [-0.39, 0.29) is 6.10 Å². The molecule has 0 unspecified atom stereocenters. The van der Waals surface area contributed by atoms with Crippen molar-refractivity contribution >= 4 is 22.6 Å². The highest BCUT2D eigenvalue weighted by Crippen LogP contribution is 2.12. The molecule has 0 saturated carbocycles. The minimum absolute atomic E-state index is 0.0967. The summed E-state index contributed by atoms with van der Waals surface area (Å²) >= 11 is 2.28. The molecular weight excluding hydrogens is 215 g/mol. The number of rotatable bonds is 3. The summed E-state index contributed by atoms with van der Waals surface area (Å²) in [5.74, 6) is 0. The Morgan fingerprint density at radius 2 is 1.88 bits per heavy atom. The summed E-state index contributed by atoms with van der Waals surface area (Å²) in [6.07, 6.45) is 1.84. The Hall–Kier alpha value is 0.690. The van der Waals surface area contributed by atoms with Crippen LogP contribution in [-0.4, -0.2) is 15.1 Å². The van der Waals surface area contributed by atoms with Crippen LogP contribution in [-0.2, 0) is 0 Å². The van der Waals surface area contributed by atoms with Crippen LogP contribution in [0.1, 0.15) is 26.7 Å². The third kappa shape index (κ3) is 2.87. The highest BCUT2D eigenvalue weighted by Gasteiger charge is 2.09. The van der Waals surface area contributed by atoms with Crippen molar-refractivity contribution in [1.82, 2.24) is 0 Å². The fourth-order valence-corrected chi connectivity index (χ4v) is 1.04. The summed E-state index contributed by atoms with van der Waals surface area (Å²) in [6.45, 7) is 4.10. The Balaban J connectivity index is 3.29. The summed E-state index contributed by atoms with van der Waals surface area (Å²) in [7, 11) is 0. The molecule has 50 valence electrons. The first-order valence-corrected chi connectivity index (χ1v) is 4.29. The molecule has 0 rings (SSSR count). The Kier molecular flexibility index (Phi) is 4.95. The van der Waals surface area contributed by atoms with Gasteiger partial charge in [-0.15, -0.1) is 0 Å². The van der Waals surface area contributed by atoms with Gasteiger partial charge >= 0.3 is 0 Å². The molecule has 1 N–H and O–H groups in total. The van der Waals surface area contributed by atoms with Crippen LogP contribution in [0.15, 0.2) is 0 Å². The van der Waals surface area contributed by atoms with E-state index in [1.807, 2.05) is 6.92 Å². The SMILES string of the molecule is CC[C@@H](O)[C@@H](I)CC. The van der Waals surface area contributed by atoms with Crippen LogP contribution in [0.2, 0.25) is 0 Å². The minimum Gasteiger partial charge on any atom is -0.392 e. The van der Waals surface area contributed by atoms with E-state index in [0.717, 1.165) is 12.8 Å². The predicted octanol–water partition coefficient (Wildman–Crippen LogP) is 1.97. The fraction of sp³-hybridized carbons (Fsp3) is 1.00. The molecule has 0 spiro atoms. The van der Waals surface area contributed by atoms with Crippen LogP contribution >= 0.6 is 22.6 Å². The van der Waals surface area contributed by atoms with Gasteiger partial charge in [0.15, 0.2) is 0 Å². The zero-order chi connectivity index (χ0) is 6.57. The van der Waals surface area contributed by atoms with Gasteiger partial charge in [-0.05, 0) is 12.8 Å². The molecule has 2 atom stereocenters. The first-order chi connectivity index (χ1) is 3.72. The smallest absolute Gasteiger partial charge is 0.0655 e. The second-order valence-corrected chi connectivity index (χ2v) is 3.50. The van der Waals surface area contributed by atoms with E-state index in [9.17, 15) is 0 Å². The van der Waals surface area contributed by atoms with Crippen molar-refractivity contribution in [3.8, 4) is 0 Å². The van der Waals surface area contributed by atoms with Crippen molar-refractivity contribution in [3.05, 3.63) is 0 Å². The van der Waals surface area contributed by atoms with Crippen LogP contribution in [0.25, 0.3) is 0 Å². The molecule has 0 aliphatic heterocycles. The zero-order valence-corrected chi connectivity index (χ0v) is 7.55. The molecule has 0 bridgehead atoms. The molecule has 0 amide bonds. The molecule has 0 aromatic rings. The first-order valence-electron chi connectivity index (χ1n) is 3.04. The monoisotopic (exact) mass is 228 g/mol. The van der Waals surface area contributed by atoms with Gasteiger partial charge in [-0.25, -0.2) is 0 Å². The van der Waals surface area contributed by atoms with Crippen molar-refractivity contribution in [3.63, 3.8) is 0 Å². The predicted molar refractivity (Wildman–Crippen MR) is 44.4 cm³/mol. The second kappa shape index (κ2) is 4.56. The number of aliphatic hydroxyl groups excluding tert-OH is 1. The molecule has 8 heavy (non-hydrogen) atoms. The summed E-state index contributed by atoms with van der Waals surface area (Å²) in [4.78, 5) is 0. The van der Waals surface area contributed by atoms with E-state index in [0.29, 0.717) is 3.92 Å². The third-order valence-corrected chi connectivity index (χ3v) is 2.94. The van der Waals surface area contributed by atoms with Crippen molar-refractivity contribution in [1.29, 1.82) is 0 Å². The maximum atomic E-state index is 9.12. The molecule has 0 aliphatic carbocycles. The molecule has 1 nitrogen and oxygen atoms in total. The van der Waals surface area contributed by atoms with Crippen LogP contribution < -0.4 is 0 Å². The number of hydrogen-bond donors (Lipinski definition) is 1. The Morgan fingerprint density at radius 3 is 2.00 bits per heavy atom. The van der Waals surface area contributed by atoms with Gasteiger partial charge in [0.25, 0.3) is 0 Å². The molecule has 0 aromatic heterocycles. The van der Waals surface area contributed by atoms with Gasteiger partial charge in [0, 0.05) is 3.92 Å². The Bertz CT molecular complexity index is 48.5. The third-order valence-electron chi connectivity index (χ3n) is 1.23. The molecule has 2 heteroatoms. The van der Waals surface area contributed by atoms with E-state index in [1.165, 1.54) is 0 Å². The summed E-state index contributed by atoms with van der Waals surface area (Å²) in [5, 5.41) is 9.12. The van der Waals surface area contributed by atoms with Crippen LogP contribution in [0.5, 0.6) is 0 Å². The standard InChI is InChI=1S/C6H13IO/c1-3-5(7)6(8)4-2/h5-6,8H,3-4H2,1-2H3/t5-,6+/m0/s1. The zero-order valence-electron chi connectivity index (χ0n) is 5.39. The Labute approximate surface area is 64.6 Å². The highest BCUT2D eigenvalue weighted by molar-refractivity contribution is 14.1. The van der Waals surface area contributed by atoms with Crippen molar-refractivity contribution < 1.29 is 5.11 Å². The molecule has 0 radical (unpaired) electrons. The van der Waals surface area contributed by atoms with Gasteiger partial charge < -0.3 is 5.11 Å². The quantitative estimate of drug-likeness (QED) is 0.578. The molecule has 0 heterocycles. The first kappa shape index (κ1) is 8.69. The van der Waals surface area contributed by atoms with E-state index in [2.05, 4.69) is 29.5 Å². The van der Waals surface area contributed by atoms with Crippen molar-refractivity contribution in [2.24, 2.45) is 0 Å². The lowest BCUT2D eigenvalue weighted by Crippen LogP contribution is -2.17. The summed E-state index contributed by atoms with van der Waals surface area (Å²) in [6, 6.07) is 0. The molecular formula is C6H13IO. The average molecular weight is 228 g/mol. The summed E-state index contributed by atoms with van der Waals surface area (Å²) < 4.78 is 0.442. The molecule has 0 aromatic carbocycles. The number of hydrogen-bond acceptors (Lipinski definition) is 1. The molecule has 0 fully saturated rings. The lowest BCUT2D eigenvalue weighted by atomic mass is 10.2. The van der Waals surface area contributed by atoms with E-state index < -0.39 is 0 Å². The maximum absolute atomic E-state index is 9.12. The maximum Gasteiger partial charge on any atom is 0.0655 e. The molecule has 0 saturated heterocycles. The van der Waals surface area contributed by atoms with E-state index in [4.69, 9.17) is 5.11 Å². The number of aliphatic hydroxyl groups is 1. The van der Waals surface area contributed by atoms with Crippen LogP contribution in [0.3, 0.4) is 0 Å². The molecule has 0 aliphatic rings. The van der Waals surface area contributed by atoms with Crippen LogP contribution in [0.4, 0.5) is 0 Å². The average Bonchev–Trinajstić information content (AvgIpc) is 1.84. The van der Waals surface area contributed by atoms with Crippen molar-refractivity contribution in [2.45, 2.75) is 36.7 Å². The topological polar surface area (TPSA) is 20.2 Å². The van der Waals surface area contributed by atoms with Gasteiger partial charge in [-0.2, -0.15) is 0 Å². The lowest BCUT2D eigenvalue weighted by molar-refractivity contribution is 0.170. The van der Waals surface area contributed by atoms with Gasteiger partial charge in [0.05, 0.1) is 6.10 Å². The number of halogens is 1. The Morgan fingerprint density at radius 1 is 1.38 bits per heavy atom. The summed E-state index contributed by atoms with van der Waals surface area (Å²) in [5.41, 5.74) is 0. The normalized spacial score (nSPS) is 18.0. The second-order valence-electron chi connectivity index (χ2n) is 1.90. The fourth-order valence-electron chi connectivity index (χ4n) is 0.528. The van der Waals surface area contributed by atoms with Gasteiger partial charge in [0.1, 0.15) is 0 Å². The van der Waals surface area contributed by atoms with Gasteiger partial charge in [-0.1, -0.05) is 36.4 Å². The van der Waals surface area contributed by atoms with E-state index >= 15 is 0 Å². The largest absolute Gasteiger partial charge is 0.392 e. The number of alkyl halides is 1. The lowest BCUT2D eigenvalue weighted by Gasteiger charge is -2.11. The van der Waals surface area contributed by atoms with Crippen molar-refractivity contribution in [2.75, 3.05) is 0 Å². The van der Waals surface area contributed by atoms with Gasteiger partial charge in [-0.3, -0.25) is 0 Å².